The minimum atomic E-state index is -4.32. The minimum absolute atomic E-state index is 0.0782. The van der Waals surface area contributed by atoms with Gasteiger partial charge in [0, 0.05) is 35.5 Å². The van der Waals surface area contributed by atoms with Gasteiger partial charge in [-0.25, -0.2) is 0 Å². The van der Waals surface area contributed by atoms with Crippen LogP contribution < -0.4 is 9.64 Å². The lowest BCUT2D eigenvalue weighted by Crippen LogP contribution is -2.36. The lowest BCUT2D eigenvalue weighted by molar-refractivity contribution is -0.0328. The Morgan fingerprint density at radius 2 is 1.83 bits per heavy atom. The van der Waals surface area contributed by atoms with Gasteiger partial charge in [0.05, 0.1) is 26.0 Å². The van der Waals surface area contributed by atoms with E-state index in [-0.39, 0.29) is 22.4 Å². The fraction of sp³-hybridized carbons (Fsp3) is 0.318. The predicted octanol–water partition coefficient (Wildman–Crippen LogP) is 4.97. The van der Waals surface area contributed by atoms with Gasteiger partial charge >= 0.3 is 5.51 Å². The van der Waals surface area contributed by atoms with Crippen LogP contribution in [-0.2, 0) is 11.2 Å². The van der Waals surface area contributed by atoms with Crippen molar-refractivity contribution in [3.8, 4) is 5.75 Å². The zero-order valence-corrected chi connectivity index (χ0v) is 17.1. The van der Waals surface area contributed by atoms with Crippen molar-refractivity contribution in [1.82, 2.24) is 0 Å². The minimum Gasteiger partial charge on any atom is -0.495 e. The van der Waals surface area contributed by atoms with E-state index in [9.17, 15) is 18.0 Å². The van der Waals surface area contributed by atoms with Gasteiger partial charge < -0.3 is 14.4 Å². The van der Waals surface area contributed by atoms with Gasteiger partial charge in [-0.3, -0.25) is 4.79 Å². The second kappa shape index (κ2) is 8.35. The summed E-state index contributed by atoms with van der Waals surface area (Å²) in [5.41, 5.74) is -0.528. The molecule has 1 heterocycles. The predicted molar refractivity (Wildman–Crippen MR) is 110 cm³/mol. The Balaban J connectivity index is 1.58. The third kappa shape index (κ3) is 4.49. The van der Waals surface area contributed by atoms with Crippen molar-refractivity contribution in [2.24, 2.45) is 0 Å². The molecule has 2 aromatic carbocycles. The van der Waals surface area contributed by atoms with Crippen LogP contribution in [0.25, 0.3) is 6.08 Å². The van der Waals surface area contributed by atoms with E-state index >= 15 is 0 Å². The van der Waals surface area contributed by atoms with Crippen LogP contribution in [0.3, 0.4) is 0 Å². The molecule has 0 amide bonds. The summed E-state index contributed by atoms with van der Waals surface area (Å²) in [7, 11) is 1.59. The number of hydrogen-bond donors (Lipinski definition) is 0. The molecule has 0 radical (unpaired) electrons. The lowest BCUT2D eigenvalue weighted by atomic mass is 10.1. The molecule has 2 aromatic rings. The summed E-state index contributed by atoms with van der Waals surface area (Å²) in [4.78, 5) is 15.2. The van der Waals surface area contributed by atoms with Crippen molar-refractivity contribution < 1.29 is 27.4 Å². The van der Waals surface area contributed by atoms with Crippen molar-refractivity contribution in [1.29, 1.82) is 0 Å². The van der Waals surface area contributed by atoms with Gasteiger partial charge in [0.15, 0.2) is 5.78 Å². The average molecular weight is 435 g/mol. The summed E-state index contributed by atoms with van der Waals surface area (Å²) >= 11 is -0.153. The van der Waals surface area contributed by atoms with Crippen molar-refractivity contribution in [3.05, 3.63) is 58.7 Å². The zero-order chi connectivity index (χ0) is 21.3. The Morgan fingerprint density at radius 3 is 2.47 bits per heavy atom. The number of morpholine rings is 1. The first-order valence-corrected chi connectivity index (χ1v) is 10.3. The van der Waals surface area contributed by atoms with E-state index in [4.69, 9.17) is 9.47 Å². The number of rotatable bonds is 4. The molecule has 1 saturated heterocycles. The number of hydrogen-bond acceptors (Lipinski definition) is 5. The molecule has 0 atom stereocenters. The molecule has 0 unspecified atom stereocenters. The smallest absolute Gasteiger partial charge is 0.446 e. The number of alkyl halides is 3. The molecule has 0 aromatic heterocycles. The number of anilines is 1. The molecule has 0 saturated carbocycles. The second-order valence-electron chi connectivity index (χ2n) is 7.07. The van der Waals surface area contributed by atoms with Gasteiger partial charge in [-0.15, -0.1) is 0 Å². The highest BCUT2D eigenvalue weighted by atomic mass is 32.2. The molecule has 0 N–H and O–H groups in total. The molecule has 30 heavy (non-hydrogen) atoms. The van der Waals surface area contributed by atoms with Crippen molar-refractivity contribution in [3.63, 3.8) is 0 Å². The topological polar surface area (TPSA) is 38.8 Å². The number of ether oxygens (including phenoxy) is 2. The van der Waals surface area contributed by atoms with Crippen LogP contribution in [0.5, 0.6) is 5.75 Å². The number of benzene rings is 2. The van der Waals surface area contributed by atoms with E-state index in [2.05, 4.69) is 4.90 Å². The molecule has 4 rings (SSSR count). The number of carbonyl (C=O) groups excluding carboxylic acids is 1. The largest absolute Gasteiger partial charge is 0.495 e. The standard InChI is InChI=1S/C22H20F3NO3S/c1-28-20-13-18-15(12-19(20)26-6-8-29-9-7-26)11-16(21(18)27)10-14-2-4-17(5-3-14)30-22(23,24)25/h2-5,10,12-13H,6-9,11H2,1H3. The molecule has 2 aliphatic rings. The number of nitrogens with zero attached hydrogens (tertiary/aromatic N) is 1. The molecule has 4 nitrogen and oxygen atoms in total. The molecule has 1 aliphatic carbocycles. The Labute approximate surface area is 176 Å². The third-order valence-corrected chi connectivity index (χ3v) is 5.87. The van der Waals surface area contributed by atoms with Crippen molar-refractivity contribution in [2.75, 3.05) is 38.3 Å². The monoisotopic (exact) mass is 435 g/mol. The summed E-state index contributed by atoms with van der Waals surface area (Å²) in [5, 5.41) is 0. The SMILES string of the molecule is COc1cc2c(cc1N1CCOCC1)CC(=Cc1ccc(SC(F)(F)F)cc1)C2=O. The Kier molecular flexibility index (Phi) is 5.79. The van der Waals surface area contributed by atoms with Crippen LogP contribution in [0.2, 0.25) is 0 Å². The molecule has 1 aliphatic heterocycles. The van der Waals surface area contributed by atoms with Crippen LogP contribution >= 0.6 is 11.8 Å². The van der Waals surface area contributed by atoms with Crippen molar-refractivity contribution in [2.45, 2.75) is 16.8 Å². The molecule has 1 fully saturated rings. The quantitative estimate of drug-likeness (QED) is 0.501. The Bertz CT molecular complexity index is 980. The molecular formula is C22H20F3NO3S. The highest BCUT2D eigenvalue weighted by molar-refractivity contribution is 8.00. The fourth-order valence-corrected chi connectivity index (χ4v) is 4.27. The summed E-state index contributed by atoms with van der Waals surface area (Å²) in [6.45, 7) is 2.81. The summed E-state index contributed by atoms with van der Waals surface area (Å²) in [6, 6.07) is 9.80. The van der Waals surface area contributed by atoms with E-state index in [1.165, 1.54) is 12.1 Å². The zero-order valence-electron chi connectivity index (χ0n) is 16.3. The van der Waals surface area contributed by atoms with E-state index < -0.39 is 5.51 Å². The lowest BCUT2D eigenvalue weighted by Gasteiger charge is -2.30. The fourth-order valence-electron chi connectivity index (χ4n) is 3.73. The summed E-state index contributed by atoms with van der Waals surface area (Å²) < 4.78 is 48.4. The Morgan fingerprint density at radius 1 is 1.13 bits per heavy atom. The van der Waals surface area contributed by atoms with Crippen LogP contribution in [-0.4, -0.2) is 44.7 Å². The van der Waals surface area contributed by atoms with Gasteiger partial charge in [0.2, 0.25) is 0 Å². The van der Waals surface area contributed by atoms with Crippen LogP contribution in [0.1, 0.15) is 21.5 Å². The average Bonchev–Trinajstić information content (AvgIpc) is 3.02. The second-order valence-corrected chi connectivity index (χ2v) is 8.21. The van der Waals surface area contributed by atoms with Crippen molar-refractivity contribution >= 4 is 29.3 Å². The first kappa shape index (κ1) is 20.8. The molecular weight excluding hydrogens is 415 g/mol. The number of fused-ring (bicyclic) bond motifs is 1. The van der Waals surface area contributed by atoms with Crippen LogP contribution in [0, 0.1) is 0 Å². The molecule has 8 heteroatoms. The normalized spacial score (nSPS) is 18.1. The van der Waals surface area contributed by atoms with E-state index in [1.54, 1.807) is 31.4 Å². The van der Waals surface area contributed by atoms with Gasteiger partial charge in [-0.05, 0) is 53.2 Å². The van der Waals surface area contributed by atoms with Crippen LogP contribution in [0.15, 0.2) is 46.9 Å². The van der Waals surface area contributed by atoms with Gasteiger partial charge in [-0.1, -0.05) is 12.1 Å². The van der Waals surface area contributed by atoms with Gasteiger partial charge in [-0.2, -0.15) is 13.2 Å². The maximum Gasteiger partial charge on any atom is 0.446 e. The third-order valence-electron chi connectivity index (χ3n) is 5.13. The maximum atomic E-state index is 12.9. The van der Waals surface area contributed by atoms with Gasteiger partial charge in [0.1, 0.15) is 5.75 Å². The van der Waals surface area contributed by atoms with E-state index in [1.807, 2.05) is 6.07 Å². The molecule has 0 spiro atoms. The Hall–Kier alpha value is -2.45. The number of Topliss-reactive ketones (excluding diaryl/α,β-unsaturated/α-hetero) is 1. The first-order chi connectivity index (χ1) is 14.3. The number of allylic oxidation sites excluding steroid dienone is 1. The highest BCUT2D eigenvalue weighted by Crippen LogP contribution is 2.39. The summed E-state index contributed by atoms with van der Waals surface area (Å²) in [6.07, 6.45) is 2.22. The maximum absolute atomic E-state index is 12.9. The number of ketones is 1. The number of methoxy groups -OCH3 is 1. The van der Waals surface area contributed by atoms with Gasteiger partial charge in [0.25, 0.3) is 0 Å². The summed E-state index contributed by atoms with van der Waals surface area (Å²) in [5.74, 6) is 0.573. The van der Waals surface area contributed by atoms with E-state index in [0.717, 1.165) is 24.3 Å². The van der Waals surface area contributed by atoms with E-state index in [0.29, 0.717) is 42.1 Å². The van der Waals surface area contributed by atoms with Crippen LogP contribution in [0.4, 0.5) is 18.9 Å². The number of thioether (sulfide) groups is 1. The first-order valence-electron chi connectivity index (χ1n) is 9.49. The molecule has 0 bridgehead atoms. The molecule has 158 valence electrons. The number of carbonyl (C=O) groups is 1. The highest BCUT2D eigenvalue weighted by Gasteiger charge is 2.30. The number of halogens is 3.